The third-order valence-electron chi connectivity index (χ3n) is 2.60. The van der Waals surface area contributed by atoms with E-state index in [2.05, 4.69) is 24.0 Å². The fourth-order valence-electron chi connectivity index (χ4n) is 1.92. The minimum absolute atomic E-state index is 0.774. The summed E-state index contributed by atoms with van der Waals surface area (Å²) in [5, 5.41) is 4.49. The van der Waals surface area contributed by atoms with Crippen molar-refractivity contribution in [2.45, 2.75) is 43.9 Å². The van der Waals surface area contributed by atoms with Crippen LogP contribution < -0.4 is 11.1 Å². The molecule has 3 N–H and O–H groups in total. The van der Waals surface area contributed by atoms with Crippen molar-refractivity contribution in [3.05, 3.63) is 0 Å². The Morgan fingerprint density at radius 2 is 2.31 bits per heavy atom. The normalized spacial score (nSPS) is 28.2. The van der Waals surface area contributed by atoms with E-state index in [1.807, 2.05) is 0 Å². The minimum Gasteiger partial charge on any atom is -0.330 e. The molecular weight excluding hydrogens is 180 g/mol. The molecule has 3 heteroatoms. The smallest absolute Gasteiger partial charge is 0.00780 e. The zero-order valence-electron chi connectivity index (χ0n) is 8.59. The van der Waals surface area contributed by atoms with Crippen molar-refractivity contribution in [1.82, 2.24) is 5.32 Å². The van der Waals surface area contributed by atoms with Crippen LogP contribution in [-0.2, 0) is 0 Å². The zero-order chi connectivity index (χ0) is 9.52. The van der Waals surface area contributed by atoms with E-state index in [1.165, 1.54) is 25.0 Å². The molecule has 0 aromatic heterocycles. The van der Waals surface area contributed by atoms with Crippen molar-refractivity contribution < 1.29 is 0 Å². The summed E-state index contributed by atoms with van der Waals surface area (Å²) >= 11 is 2.12. The highest BCUT2D eigenvalue weighted by molar-refractivity contribution is 7.99. The van der Waals surface area contributed by atoms with Gasteiger partial charge in [0.15, 0.2) is 0 Å². The van der Waals surface area contributed by atoms with Crippen LogP contribution in [0.15, 0.2) is 0 Å². The minimum atomic E-state index is 0.774. The first-order chi connectivity index (χ1) is 6.36. The fraction of sp³-hybridized carbons (Fsp3) is 1.00. The molecule has 0 aliphatic heterocycles. The van der Waals surface area contributed by atoms with Crippen molar-refractivity contribution in [2.24, 2.45) is 5.73 Å². The first kappa shape index (κ1) is 11.3. The van der Waals surface area contributed by atoms with E-state index in [9.17, 15) is 0 Å². The van der Waals surface area contributed by atoms with Gasteiger partial charge in [-0.1, -0.05) is 6.92 Å². The Morgan fingerprint density at radius 3 is 3.00 bits per heavy atom. The maximum Gasteiger partial charge on any atom is 0.00780 e. The van der Waals surface area contributed by atoms with Gasteiger partial charge in [0.25, 0.3) is 0 Å². The maximum atomic E-state index is 5.44. The highest BCUT2D eigenvalue weighted by atomic mass is 32.2. The number of rotatable bonds is 6. The van der Waals surface area contributed by atoms with Crippen molar-refractivity contribution in [3.63, 3.8) is 0 Å². The standard InChI is InChI=1S/C10H22N2S/c1-2-13-10-5-4-9(8-10)12-7-3-6-11/h9-10,12H,2-8,11H2,1H3. The van der Waals surface area contributed by atoms with Gasteiger partial charge in [-0.15, -0.1) is 0 Å². The monoisotopic (exact) mass is 202 g/mol. The van der Waals surface area contributed by atoms with Gasteiger partial charge in [0.2, 0.25) is 0 Å². The van der Waals surface area contributed by atoms with Gasteiger partial charge >= 0.3 is 0 Å². The summed E-state index contributed by atoms with van der Waals surface area (Å²) in [6, 6.07) is 0.774. The lowest BCUT2D eigenvalue weighted by atomic mass is 10.2. The largest absolute Gasteiger partial charge is 0.330 e. The van der Waals surface area contributed by atoms with E-state index in [4.69, 9.17) is 5.73 Å². The first-order valence-electron chi connectivity index (χ1n) is 5.41. The molecule has 0 bridgehead atoms. The van der Waals surface area contributed by atoms with Gasteiger partial charge in [-0.25, -0.2) is 0 Å². The number of hydrogen-bond donors (Lipinski definition) is 2. The van der Waals surface area contributed by atoms with Gasteiger partial charge in [0.05, 0.1) is 0 Å². The molecule has 0 radical (unpaired) electrons. The van der Waals surface area contributed by atoms with Crippen molar-refractivity contribution >= 4 is 11.8 Å². The molecule has 2 atom stereocenters. The van der Waals surface area contributed by atoms with Crippen LogP contribution in [0.2, 0.25) is 0 Å². The molecule has 1 rings (SSSR count). The predicted octanol–water partition coefficient (Wildman–Crippen LogP) is 1.60. The molecule has 1 fully saturated rings. The predicted molar refractivity (Wildman–Crippen MR) is 61.2 cm³/mol. The third-order valence-corrected chi connectivity index (χ3v) is 3.83. The Morgan fingerprint density at radius 1 is 1.46 bits per heavy atom. The van der Waals surface area contributed by atoms with Crippen LogP contribution in [0.5, 0.6) is 0 Å². The Labute approximate surface area is 86.0 Å². The molecule has 78 valence electrons. The molecule has 1 saturated carbocycles. The van der Waals surface area contributed by atoms with Crippen LogP contribution in [0, 0.1) is 0 Å². The van der Waals surface area contributed by atoms with Crippen LogP contribution in [0.4, 0.5) is 0 Å². The van der Waals surface area contributed by atoms with E-state index in [0.717, 1.165) is 30.8 Å². The SMILES string of the molecule is CCSC1CCC(NCCCN)C1. The molecule has 0 aromatic rings. The summed E-state index contributed by atoms with van der Waals surface area (Å²) in [6.45, 7) is 4.16. The van der Waals surface area contributed by atoms with Crippen LogP contribution in [-0.4, -0.2) is 30.1 Å². The van der Waals surface area contributed by atoms with E-state index in [0.29, 0.717) is 0 Å². The van der Waals surface area contributed by atoms with Gasteiger partial charge in [-0.05, 0) is 44.5 Å². The number of nitrogens with one attached hydrogen (secondary N) is 1. The van der Waals surface area contributed by atoms with Crippen LogP contribution >= 0.6 is 11.8 Å². The molecule has 1 aliphatic carbocycles. The number of hydrogen-bond acceptors (Lipinski definition) is 3. The van der Waals surface area contributed by atoms with Gasteiger partial charge in [-0.2, -0.15) is 11.8 Å². The second-order valence-electron chi connectivity index (χ2n) is 3.68. The summed E-state index contributed by atoms with van der Waals surface area (Å²) < 4.78 is 0. The third kappa shape index (κ3) is 4.34. The summed E-state index contributed by atoms with van der Waals surface area (Å²) in [5.74, 6) is 1.26. The fourth-order valence-corrected chi connectivity index (χ4v) is 3.06. The molecule has 0 heterocycles. The summed E-state index contributed by atoms with van der Waals surface area (Å²) in [6.07, 6.45) is 5.24. The second kappa shape index (κ2) is 6.68. The lowest BCUT2D eigenvalue weighted by Gasteiger charge is -2.12. The molecule has 0 spiro atoms. The highest BCUT2D eigenvalue weighted by Crippen LogP contribution is 2.29. The van der Waals surface area contributed by atoms with Gasteiger partial charge in [0.1, 0.15) is 0 Å². The van der Waals surface area contributed by atoms with Crippen molar-refractivity contribution in [1.29, 1.82) is 0 Å². The number of thioether (sulfide) groups is 1. The lowest BCUT2D eigenvalue weighted by molar-refractivity contribution is 0.518. The topological polar surface area (TPSA) is 38.0 Å². The molecular formula is C10H22N2S. The Kier molecular flexibility index (Phi) is 5.83. The second-order valence-corrected chi connectivity index (χ2v) is 5.26. The van der Waals surface area contributed by atoms with E-state index in [1.54, 1.807) is 0 Å². The average molecular weight is 202 g/mol. The Balaban J connectivity index is 2.03. The molecule has 1 aliphatic rings. The number of nitrogens with two attached hydrogens (primary N) is 1. The summed E-state index contributed by atoms with van der Waals surface area (Å²) in [4.78, 5) is 0. The molecule has 13 heavy (non-hydrogen) atoms. The molecule has 0 saturated heterocycles. The lowest BCUT2D eigenvalue weighted by Crippen LogP contribution is -2.28. The van der Waals surface area contributed by atoms with Crippen LogP contribution in [0.25, 0.3) is 0 Å². The van der Waals surface area contributed by atoms with E-state index < -0.39 is 0 Å². The molecule has 2 unspecified atom stereocenters. The Hall–Kier alpha value is 0.270. The van der Waals surface area contributed by atoms with Gasteiger partial charge < -0.3 is 11.1 Å². The summed E-state index contributed by atoms with van der Waals surface area (Å²) in [7, 11) is 0. The van der Waals surface area contributed by atoms with E-state index in [-0.39, 0.29) is 0 Å². The quantitative estimate of drug-likeness (QED) is 0.643. The van der Waals surface area contributed by atoms with Crippen molar-refractivity contribution in [3.8, 4) is 0 Å². The highest BCUT2D eigenvalue weighted by Gasteiger charge is 2.23. The molecule has 0 aromatic carbocycles. The molecule has 0 amide bonds. The average Bonchev–Trinajstić information content (AvgIpc) is 2.54. The zero-order valence-corrected chi connectivity index (χ0v) is 9.41. The maximum absolute atomic E-state index is 5.44. The van der Waals surface area contributed by atoms with E-state index >= 15 is 0 Å². The van der Waals surface area contributed by atoms with Crippen molar-refractivity contribution in [2.75, 3.05) is 18.8 Å². The van der Waals surface area contributed by atoms with Crippen LogP contribution in [0.1, 0.15) is 32.6 Å². The summed E-state index contributed by atoms with van der Waals surface area (Å²) in [5.41, 5.74) is 5.44. The van der Waals surface area contributed by atoms with Crippen LogP contribution in [0.3, 0.4) is 0 Å². The van der Waals surface area contributed by atoms with Gasteiger partial charge in [0, 0.05) is 11.3 Å². The molecule has 2 nitrogen and oxygen atoms in total. The first-order valence-corrected chi connectivity index (χ1v) is 6.46. The van der Waals surface area contributed by atoms with Gasteiger partial charge in [-0.3, -0.25) is 0 Å². The Bertz CT molecular complexity index is 130.